The number of carbonyl (C=O) groups is 1. The highest BCUT2D eigenvalue weighted by Gasteiger charge is 2.09. The van der Waals surface area contributed by atoms with Gasteiger partial charge in [0.25, 0.3) is 0 Å². The minimum absolute atomic E-state index is 0.507. The normalized spacial score (nSPS) is 27.1. The van der Waals surface area contributed by atoms with Crippen LogP contribution in [0.5, 0.6) is 0 Å². The Labute approximate surface area is 107 Å². The van der Waals surface area contributed by atoms with Crippen molar-refractivity contribution < 1.29 is 4.79 Å². The van der Waals surface area contributed by atoms with E-state index < -0.39 is 0 Å². The molecule has 0 aromatic rings. The second-order valence-corrected chi connectivity index (χ2v) is 5.92. The van der Waals surface area contributed by atoms with Gasteiger partial charge in [-0.3, -0.25) is 4.79 Å². The first-order chi connectivity index (χ1) is 8.29. The largest absolute Gasteiger partial charge is 0.300 e. The number of Topliss-reactive ketones (excluding diaryl/α,β-unsaturated/α-hetero) is 1. The smallest absolute Gasteiger partial charge is 0.133 e. The number of ketones is 1. The molecule has 1 aliphatic carbocycles. The van der Waals surface area contributed by atoms with Crippen LogP contribution in [0.4, 0.5) is 0 Å². The maximum atomic E-state index is 11.7. The lowest BCUT2D eigenvalue weighted by atomic mass is 9.95. The van der Waals surface area contributed by atoms with Crippen LogP contribution < -0.4 is 0 Å². The van der Waals surface area contributed by atoms with Crippen molar-refractivity contribution in [1.82, 2.24) is 0 Å². The number of hydrogen-bond donors (Lipinski definition) is 0. The summed E-state index contributed by atoms with van der Waals surface area (Å²) < 4.78 is 0. The highest BCUT2D eigenvalue weighted by Crippen LogP contribution is 2.18. The third-order valence-corrected chi connectivity index (χ3v) is 3.98. The summed E-state index contributed by atoms with van der Waals surface area (Å²) in [7, 11) is 0. The van der Waals surface area contributed by atoms with Crippen LogP contribution in [0.3, 0.4) is 0 Å². The minimum atomic E-state index is 0.507. The molecular formula is C16H30O. The van der Waals surface area contributed by atoms with Gasteiger partial charge in [0, 0.05) is 12.8 Å². The number of carbonyl (C=O) groups excluding carboxylic acids is 1. The van der Waals surface area contributed by atoms with Crippen molar-refractivity contribution >= 4 is 5.78 Å². The molecule has 17 heavy (non-hydrogen) atoms. The molecule has 0 bridgehead atoms. The molecule has 1 atom stereocenters. The van der Waals surface area contributed by atoms with Crippen molar-refractivity contribution in [3.05, 3.63) is 0 Å². The van der Waals surface area contributed by atoms with Gasteiger partial charge in [-0.05, 0) is 12.3 Å². The SMILES string of the molecule is C[C@@H]1CCCCCCCCCCCCC(=O)C1. The summed E-state index contributed by atoms with van der Waals surface area (Å²) in [4.78, 5) is 11.7. The summed E-state index contributed by atoms with van der Waals surface area (Å²) in [5.74, 6) is 1.13. The zero-order chi connectivity index (χ0) is 12.3. The zero-order valence-corrected chi connectivity index (χ0v) is 11.7. The molecule has 0 amide bonds. The molecule has 0 aliphatic heterocycles. The molecule has 0 radical (unpaired) electrons. The van der Waals surface area contributed by atoms with Crippen LogP contribution >= 0.6 is 0 Å². The van der Waals surface area contributed by atoms with E-state index in [0.717, 1.165) is 19.3 Å². The maximum Gasteiger partial charge on any atom is 0.133 e. The third kappa shape index (κ3) is 8.40. The van der Waals surface area contributed by atoms with Gasteiger partial charge in [-0.25, -0.2) is 0 Å². The summed E-state index contributed by atoms with van der Waals surface area (Å²) >= 11 is 0. The Bertz CT molecular complexity index is 198. The predicted octanol–water partition coefficient (Wildman–Crippen LogP) is 5.28. The highest BCUT2D eigenvalue weighted by molar-refractivity contribution is 5.78. The van der Waals surface area contributed by atoms with E-state index in [1.54, 1.807) is 0 Å². The molecule has 0 heterocycles. The highest BCUT2D eigenvalue weighted by atomic mass is 16.1. The fraction of sp³-hybridized carbons (Fsp3) is 0.938. The summed E-state index contributed by atoms with van der Waals surface area (Å²) in [5.41, 5.74) is 0. The standard InChI is InChI=1S/C16H30O/c1-15-12-10-8-6-4-2-3-5-7-9-11-13-16(17)14-15/h15H,2-14H2,1H3/t15-/m1/s1. The van der Waals surface area contributed by atoms with E-state index >= 15 is 0 Å². The molecule has 1 saturated carbocycles. The zero-order valence-electron chi connectivity index (χ0n) is 11.7. The van der Waals surface area contributed by atoms with E-state index in [9.17, 15) is 4.79 Å². The van der Waals surface area contributed by atoms with Gasteiger partial charge in [-0.15, -0.1) is 0 Å². The molecule has 1 nitrogen and oxygen atoms in total. The molecule has 0 aromatic carbocycles. The lowest BCUT2D eigenvalue weighted by Gasteiger charge is -2.10. The molecule has 1 heteroatoms. The summed E-state index contributed by atoms with van der Waals surface area (Å²) in [6.45, 7) is 2.25. The van der Waals surface area contributed by atoms with Crippen molar-refractivity contribution in [2.75, 3.05) is 0 Å². The molecule has 0 spiro atoms. The van der Waals surface area contributed by atoms with E-state index in [0.29, 0.717) is 11.7 Å². The van der Waals surface area contributed by atoms with Crippen molar-refractivity contribution in [2.24, 2.45) is 5.92 Å². The molecule has 100 valence electrons. The van der Waals surface area contributed by atoms with Gasteiger partial charge in [-0.2, -0.15) is 0 Å². The van der Waals surface area contributed by atoms with Gasteiger partial charge in [0.2, 0.25) is 0 Å². The van der Waals surface area contributed by atoms with Gasteiger partial charge in [0.1, 0.15) is 5.78 Å². The second-order valence-electron chi connectivity index (χ2n) is 5.92. The van der Waals surface area contributed by atoms with Gasteiger partial charge in [-0.1, -0.05) is 71.1 Å². The molecule has 1 fully saturated rings. The minimum Gasteiger partial charge on any atom is -0.300 e. The first-order valence-corrected chi connectivity index (χ1v) is 7.81. The second kappa shape index (κ2) is 9.67. The topological polar surface area (TPSA) is 17.1 Å². The summed E-state index contributed by atoms with van der Waals surface area (Å²) in [6.07, 6.45) is 16.4. The fourth-order valence-electron chi connectivity index (χ4n) is 2.82. The third-order valence-electron chi connectivity index (χ3n) is 3.98. The van der Waals surface area contributed by atoms with Gasteiger partial charge >= 0.3 is 0 Å². The maximum absolute atomic E-state index is 11.7. The first kappa shape index (κ1) is 14.7. The molecule has 0 N–H and O–H groups in total. The quantitative estimate of drug-likeness (QED) is 0.561. The van der Waals surface area contributed by atoms with E-state index in [-0.39, 0.29) is 0 Å². The van der Waals surface area contributed by atoms with Crippen molar-refractivity contribution in [2.45, 2.75) is 90.4 Å². The van der Waals surface area contributed by atoms with Crippen LogP contribution in [-0.4, -0.2) is 5.78 Å². The average Bonchev–Trinajstić information content (AvgIpc) is 2.30. The summed E-state index contributed by atoms with van der Waals surface area (Å²) in [6, 6.07) is 0. The lowest BCUT2D eigenvalue weighted by molar-refractivity contribution is -0.120. The van der Waals surface area contributed by atoms with E-state index in [1.165, 1.54) is 64.2 Å². The molecule has 0 saturated heterocycles. The Kier molecular flexibility index (Phi) is 8.38. The van der Waals surface area contributed by atoms with E-state index in [1.807, 2.05) is 0 Å². The molecular weight excluding hydrogens is 208 g/mol. The van der Waals surface area contributed by atoms with Crippen molar-refractivity contribution in [3.8, 4) is 0 Å². The summed E-state index contributed by atoms with van der Waals surface area (Å²) in [5, 5.41) is 0. The molecule has 1 rings (SSSR count). The van der Waals surface area contributed by atoms with E-state index in [2.05, 4.69) is 6.92 Å². The monoisotopic (exact) mass is 238 g/mol. The Balaban J connectivity index is 2.23. The van der Waals surface area contributed by atoms with Gasteiger partial charge in [0.05, 0.1) is 0 Å². The van der Waals surface area contributed by atoms with Crippen LogP contribution in [-0.2, 0) is 4.79 Å². The number of rotatable bonds is 0. The number of hydrogen-bond acceptors (Lipinski definition) is 1. The van der Waals surface area contributed by atoms with Crippen LogP contribution in [0.2, 0.25) is 0 Å². The Morgan fingerprint density at radius 2 is 1.24 bits per heavy atom. The Hall–Kier alpha value is -0.330. The van der Waals surface area contributed by atoms with Crippen LogP contribution in [0.15, 0.2) is 0 Å². The van der Waals surface area contributed by atoms with Crippen molar-refractivity contribution in [1.29, 1.82) is 0 Å². The van der Waals surface area contributed by atoms with Gasteiger partial charge < -0.3 is 0 Å². The van der Waals surface area contributed by atoms with Crippen LogP contribution in [0.1, 0.15) is 90.4 Å². The average molecular weight is 238 g/mol. The Morgan fingerprint density at radius 1 is 0.765 bits per heavy atom. The van der Waals surface area contributed by atoms with Crippen LogP contribution in [0, 0.1) is 5.92 Å². The molecule has 0 unspecified atom stereocenters. The van der Waals surface area contributed by atoms with Crippen LogP contribution in [0.25, 0.3) is 0 Å². The van der Waals surface area contributed by atoms with Crippen molar-refractivity contribution in [3.63, 3.8) is 0 Å². The molecule has 0 aromatic heterocycles. The fourth-order valence-corrected chi connectivity index (χ4v) is 2.82. The molecule has 1 aliphatic rings. The predicted molar refractivity (Wildman–Crippen MR) is 74.2 cm³/mol. The van der Waals surface area contributed by atoms with Gasteiger partial charge in [0.15, 0.2) is 0 Å². The Morgan fingerprint density at radius 3 is 1.82 bits per heavy atom. The van der Waals surface area contributed by atoms with E-state index in [4.69, 9.17) is 0 Å². The lowest BCUT2D eigenvalue weighted by Crippen LogP contribution is -2.05. The first-order valence-electron chi connectivity index (χ1n) is 7.81.